The summed E-state index contributed by atoms with van der Waals surface area (Å²) in [5, 5.41) is 0. The van der Waals surface area contributed by atoms with Crippen molar-refractivity contribution in [2.75, 3.05) is 12.7 Å². The van der Waals surface area contributed by atoms with Crippen LogP contribution in [-0.2, 0) is 4.57 Å². The molecule has 3 N–H and O–H groups in total. The van der Waals surface area contributed by atoms with Crippen molar-refractivity contribution in [2.24, 2.45) is 0 Å². The third-order valence-electron chi connectivity index (χ3n) is 1.88. The van der Waals surface area contributed by atoms with Crippen molar-refractivity contribution >= 4 is 7.60 Å². The van der Waals surface area contributed by atoms with Crippen molar-refractivity contribution < 1.29 is 14.4 Å². The summed E-state index contributed by atoms with van der Waals surface area (Å²) in [5.74, 6) is 0. The van der Waals surface area contributed by atoms with Crippen LogP contribution in [0.2, 0.25) is 0 Å². The van der Waals surface area contributed by atoms with E-state index < -0.39 is 7.60 Å². The Labute approximate surface area is 79.7 Å². The van der Waals surface area contributed by atoms with Crippen LogP contribution in [0.5, 0.6) is 0 Å². The van der Waals surface area contributed by atoms with E-state index >= 15 is 0 Å². The van der Waals surface area contributed by atoms with E-state index in [0.29, 0.717) is 13.0 Å². The summed E-state index contributed by atoms with van der Waals surface area (Å²) >= 11 is 0. The fourth-order valence-electron chi connectivity index (χ4n) is 1.15. The first-order valence-corrected chi connectivity index (χ1v) is 6.55. The number of nitrogens with one attached hydrogen (secondary N) is 1. The maximum Gasteiger partial charge on any atom is 0.325 e. The van der Waals surface area contributed by atoms with E-state index in [9.17, 15) is 4.57 Å². The van der Waals surface area contributed by atoms with Gasteiger partial charge in [-0.25, -0.2) is 0 Å². The standard InChI is InChI=1S/C8H19NO3P/c9-7-5-3-1-2-4-6-8-13(10,11)12/h9H,1-8H2,(H2,10,11,12). The van der Waals surface area contributed by atoms with Gasteiger partial charge in [0.1, 0.15) is 0 Å². The average Bonchev–Trinajstić information content (AvgIpc) is 2.01. The van der Waals surface area contributed by atoms with E-state index in [-0.39, 0.29) is 6.16 Å². The predicted octanol–water partition coefficient (Wildman–Crippen LogP) is 1.79. The molecule has 0 unspecified atom stereocenters. The second-order valence-electron chi connectivity index (χ2n) is 3.26. The molecule has 13 heavy (non-hydrogen) atoms. The van der Waals surface area contributed by atoms with Crippen LogP contribution in [0, 0.1) is 0 Å². The lowest BCUT2D eigenvalue weighted by Crippen LogP contribution is -1.89. The van der Waals surface area contributed by atoms with Gasteiger partial charge >= 0.3 is 7.60 Å². The zero-order valence-corrected chi connectivity index (χ0v) is 8.80. The van der Waals surface area contributed by atoms with E-state index in [4.69, 9.17) is 15.5 Å². The minimum atomic E-state index is -3.76. The largest absolute Gasteiger partial charge is 0.325 e. The monoisotopic (exact) mass is 208 g/mol. The Hall–Kier alpha value is 0.110. The highest BCUT2D eigenvalue weighted by Gasteiger charge is 2.10. The van der Waals surface area contributed by atoms with Crippen molar-refractivity contribution in [1.82, 2.24) is 5.73 Å². The minimum absolute atomic E-state index is 0.0193. The van der Waals surface area contributed by atoms with E-state index in [1.165, 1.54) is 0 Å². The second-order valence-corrected chi connectivity index (χ2v) is 5.04. The SMILES string of the molecule is [NH]CCCCCCCCP(=O)(O)O. The fourth-order valence-corrected chi connectivity index (χ4v) is 1.79. The molecule has 0 aromatic carbocycles. The van der Waals surface area contributed by atoms with Crippen molar-refractivity contribution in [3.8, 4) is 0 Å². The van der Waals surface area contributed by atoms with Gasteiger partial charge in [-0.15, -0.1) is 0 Å². The first-order chi connectivity index (χ1) is 6.06. The Morgan fingerprint density at radius 3 is 1.85 bits per heavy atom. The number of hydrogen-bond acceptors (Lipinski definition) is 1. The first-order valence-electron chi connectivity index (χ1n) is 4.75. The molecule has 5 heteroatoms. The minimum Gasteiger partial charge on any atom is -0.324 e. The van der Waals surface area contributed by atoms with Gasteiger partial charge in [0.25, 0.3) is 0 Å². The number of hydrogen-bond donors (Lipinski definition) is 2. The van der Waals surface area contributed by atoms with Crippen LogP contribution in [0.15, 0.2) is 0 Å². The highest BCUT2D eigenvalue weighted by atomic mass is 31.2. The molecule has 0 aliphatic rings. The molecule has 0 aromatic heterocycles. The highest BCUT2D eigenvalue weighted by Crippen LogP contribution is 2.35. The predicted molar refractivity (Wildman–Crippen MR) is 52.6 cm³/mol. The molecule has 0 fully saturated rings. The van der Waals surface area contributed by atoms with Crippen molar-refractivity contribution in [2.45, 2.75) is 38.5 Å². The molecule has 79 valence electrons. The van der Waals surface area contributed by atoms with Crippen LogP contribution in [0.3, 0.4) is 0 Å². The summed E-state index contributed by atoms with van der Waals surface area (Å²) in [6.45, 7) is 0.489. The Morgan fingerprint density at radius 1 is 0.923 bits per heavy atom. The molecule has 1 radical (unpaired) electrons. The maximum absolute atomic E-state index is 10.4. The summed E-state index contributed by atoms with van der Waals surface area (Å²) in [7, 11) is -3.76. The van der Waals surface area contributed by atoms with E-state index in [1.54, 1.807) is 0 Å². The van der Waals surface area contributed by atoms with Crippen LogP contribution in [0.1, 0.15) is 38.5 Å². The normalized spacial score (nSPS) is 11.9. The van der Waals surface area contributed by atoms with Crippen LogP contribution in [-0.4, -0.2) is 22.5 Å². The van der Waals surface area contributed by atoms with Crippen LogP contribution >= 0.6 is 7.60 Å². The fraction of sp³-hybridized carbons (Fsp3) is 1.00. The molecule has 0 saturated carbocycles. The zero-order valence-electron chi connectivity index (χ0n) is 7.91. The van der Waals surface area contributed by atoms with Gasteiger partial charge in [-0.2, -0.15) is 0 Å². The number of rotatable bonds is 8. The molecule has 0 rings (SSSR count). The van der Waals surface area contributed by atoms with Gasteiger partial charge in [0, 0.05) is 12.7 Å². The molecule has 4 nitrogen and oxygen atoms in total. The maximum atomic E-state index is 10.4. The molecule has 0 amide bonds. The smallest absolute Gasteiger partial charge is 0.324 e. The Balaban J connectivity index is 3.04. The summed E-state index contributed by atoms with van der Waals surface area (Å²) in [5.41, 5.74) is 6.90. The summed E-state index contributed by atoms with van der Waals surface area (Å²) in [4.78, 5) is 17.1. The summed E-state index contributed by atoms with van der Waals surface area (Å²) in [6, 6.07) is 0. The summed E-state index contributed by atoms with van der Waals surface area (Å²) in [6.07, 6.45) is 5.65. The van der Waals surface area contributed by atoms with Gasteiger partial charge in [-0.3, -0.25) is 10.3 Å². The Kier molecular flexibility index (Phi) is 7.57. The van der Waals surface area contributed by atoms with Gasteiger partial charge in [-0.05, 0) is 12.8 Å². The lowest BCUT2D eigenvalue weighted by molar-refractivity contribution is 0.370. The molecule has 0 spiro atoms. The van der Waals surface area contributed by atoms with Gasteiger partial charge in [0.15, 0.2) is 0 Å². The topological polar surface area (TPSA) is 81.3 Å². The molecule has 0 aromatic rings. The van der Waals surface area contributed by atoms with E-state index in [2.05, 4.69) is 0 Å². The molecule has 0 heterocycles. The van der Waals surface area contributed by atoms with Gasteiger partial charge in [0.05, 0.1) is 0 Å². The molecule has 0 aliphatic carbocycles. The van der Waals surface area contributed by atoms with Crippen molar-refractivity contribution in [3.63, 3.8) is 0 Å². The Bertz CT molecular complexity index is 157. The molecule has 0 atom stereocenters. The Morgan fingerprint density at radius 2 is 1.38 bits per heavy atom. The van der Waals surface area contributed by atoms with Gasteiger partial charge in [0.2, 0.25) is 0 Å². The first kappa shape index (κ1) is 13.1. The van der Waals surface area contributed by atoms with Gasteiger partial charge < -0.3 is 9.79 Å². The summed E-state index contributed by atoms with van der Waals surface area (Å²) < 4.78 is 10.4. The van der Waals surface area contributed by atoms with Gasteiger partial charge in [-0.1, -0.05) is 25.7 Å². The lowest BCUT2D eigenvalue weighted by Gasteiger charge is -2.03. The van der Waals surface area contributed by atoms with Crippen LogP contribution in [0.25, 0.3) is 0 Å². The molecule has 0 bridgehead atoms. The van der Waals surface area contributed by atoms with E-state index in [1.807, 2.05) is 0 Å². The molecule has 0 saturated heterocycles. The highest BCUT2D eigenvalue weighted by molar-refractivity contribution is 7.51. The van der Waals surface area contributed by atoms with Crippen molar-refractivity contribution in [3.05, 3.63) is 0 Å². The average molecular weight is 208 g/mol. The van der Waals surface area contributed by atoms with Crippen molar-refractivity contribution in [1.29, 1.82) is 0 Å². The quantitative estimate of drug-likeness (QED) is 0.471. The second kappa shape index (κ2) is 7.51. The molecule has 0 aliphatic heterocycles. The zero-order chi connectivity index (χ0) is 10.2. The molecular weight excluding hydrogens is 189 g/mol. The third kappa shape index (κ3) is 12.1. The third-order valence-corrected chi connectivity index (χ3v) is 2.77. The van der Waals surface area contributed by atoms with E-state index in [0.717, 1.165) is 32.1 Å². The number of unbranched alkanes of at least 4 members (excludes halogenated alkanes) is 5. The van der Waals surface area contributed by atoms with Crippen LogP contribution < -0.4 is 5.73 Å². The van der Waals surface area contributed by atoms with Crippen LogP contribution in [0.4, 0.5) is 0 Å². The lowest BCUT2D eigenvalue weighted by atomic mass is 10.1. The molecular formula is C8H19NO3P.